The molecule has 6 heteroatoms. The van der Waals surface area contributed by atoms with E-state index < -0.39 is 6.16 Å². The summed E-state index contributed by atoms with van der Waals surface area (Å²) in [5.74, 6) is -0.0581. The van der Waals surface area contributed by atoms with Gasteiger partial charge in [-0.3, -0.25) is 9.59 Å². The summed E-state index contributed by atoms with van der Waals surface area (Å²) in [7, 11) is 0. The van der Waals surface area contributed by atoms with Crippen LogP contribution in [0.1, 0.15) is 32.6 Å². The minimum atomic E-state index is -1.83. The van der Waals surface area contributed by atoms with Crippen molar-refractivity contribution in [3.8, 4) is 0 Å². The molecule has 1 aliphatic rings. The van der Waals surface area contributed by atoms with Crippen molar-refractivity contribution < 1.29 is 24.6 Å². The molecule has 0 aromatic rings. The Balaban J connectivity index is 0. The van der Waals surface area contributed by atoms with Gasteiger partial charge in [-0.1, -0.05) is 6.42 Å². The minimum absolute atomic E-state index is 0. The maximum absolute atomic E-state index is 11.0. The molecule has 1 saturated carbocycles. The standard InChI is InChI=1S/C8H12O2.CH2O3.K.H/c1-6(9)7-4-2-3-5-8(7)10;2-1(3)4;;/h7H,2-5H2,1H3;(H2,2,3,4);;. The van der Waals surface area contributed by atoms with Gasteiger partial charge >= 0.3 is 57.5 Å². The van der Waals surface area contributed by atoms with Crippen LogP contribution in [-0.4, -0.2) is 79.3 Å². The average Bonchev–Trinajstić information content (AvgIpc) is 2.03. The Morgan fingerprint density at radius 2 is 1.73 bits per heavy atom. The first-order valence-corrected chi connectivity index (χ1v) is 4.40. The molecule has 0 aromatic heterocycles. The van der Waals surface area contributed by atoms with E-state index in [0.29, 0.717) is 6.42 Å². The molecule has 0 aromatic carbocycles. The van der Waals surface area contributed by atoms with Gasteiger partial charge in [0.2, 0.25) is 0 Å². The van der Waals surface area contributed by atoms with Crippen LogP contribution < -0.4 is 0 Å². The van der Waals surface area contributed by atoms with Crippen molar-refractivity contribution in [1.82, 2.24) is 0 Å². The van der Waals surface area contributed by atoms with E-state index in [-0.39, 0.29) is 68.9 Å². The maximum atomic E-state index is 11.0. The van der Waals surface area contributed by atoms with Crippen molar-refractivity contribution >= 4 is 69.1 Å². The second-order valence-corrected chi connectivity index (χ2v) is 3.16. The van der Waals surface area contributed by atoms with E-state index in [4.69, 9.17) is 15.0 Å². The van der Waals surface area contributed by atoms with Gasteiger partial charge in [-0.2, -0.15) is 0 Å². The van der Waals surface area contributed by atoms with Crippen molar-refractivity contribution in [2.45, 2.75) is 32.6 Å². The Bertz CT molecular complexity index is 235. The van der Waals surface area contributed by atoms with Gasteiger partial charge in [0.05, 0.1) is 5.92 Å². The molecule has 0 saturated heterocycles. The zero-order valence-corrected chi connectivity index (χ0v) is 8.02. The second-order valence-electron chi connectivity index (χ2n) is 3.16. The van der Waals surface area contributed by atoms with Gasteiger partial charge in [0, 0.05) is 6.42 Å². The summed E-state index contributed by atoms with van der Waals surface area (Å²) in [5, 5.41) is 13.9. The quantitative estimate of drug-likeness (QED) is 0.526. The van der Waals surface area contributed by atoms with Gasteiger partial charge in [-0.15, -0.1) is 0 Å². The van der Waals surface area contributed by atoms with Crippen LogP contribution >= 0.6 is 0 Å². The average molecular weight is 242 g/mol. The molecular formula is C9H15KO5. The molecule has 1 atom stereocenters. The molecule has 1 fully saturated rings. The Labute approximate surface area is 131 Å². The first kappa shape index (κ1) is 17.6. The van der Waals surface area contributed by atoms with Crippen LogP contribution in [0.2, 0.25) is 0 Å². The fraction of sp³-hybridized carbons (Fsp3) is 0.667. The molecular weight excluding hydrogens is 227 g/mol. The van der Waals surface area contributed by atoms with E-state index in [1.165, 1.54) is 6.92 Å². The molecule has 0 spiro atoms. The first-order valence-electron chi connectivity index (χ1n) is 4.40. The van der Waals surface area contributed by atoms with E-state index in [1.807, 2.05) is 0 Å². The van der Waals surface area contributed by atoms with Crippen LogP contribution in [0.4, 0.5) is 4.79 Å². The number of carbonyl (C=O) groups excluding carboxylic acids is 2. The Morgan fingerprint density at radius 3 is 2.00 bits per heavy atom. The first-order chi connectivity index (χ1) is 6.45. The molecule has 0 radical (unpaired) electrons. The number of ketones is 2. The van der Waals surface area contributed by atoms with Crippen LogP contribution in [-0.2, 0) is 9.59 Å². The molecule has 5 nitrogen and oxygen atoms in total. The van der Waals surface area contributed by atoms with Crippen molar-refractivity contribution in [1.29, 1.82) is 0 Å². The van der Waals surface area contributed by atoms with E-state index in [9.17, 15) is 9.59 Å². The number of hydrogen-bond donors (Lipinski definition) is 2. The Morgan fingerprint density at radius 1 is 1.27 bits per heavy atom. The van der Waals surface area contributed by atoms with Crippen LogP contribution in [0.3, 0.4) is 0 Å². The predicted octanol–water partition coefficient (Wildman–Crippen LogP) is 0.909. The fourth-order valence-electron chi connectivity index (χ4n) is 1.41. The number of rotatable bonds is 1. The van der Waals surface area contributed by atoms with E-state index >= 15 is 0 Å². The monoisotopic (exact) mass is 242 g/mol. The summed E-state index contributed by atoms with van der Waals surface area (Å²) in [5.41, 5.74) is 0. The number of carbonyl (C=O) groups is 3. The third-order valence-corrected chi connectivity index (χ3v) is 2.05. The van der Waals surface area contributed by atoms with Gasteiger partial charge in [-0.25, -0.2) is 4.79 Å². The summed E-state index contributed by atoms with van der Waals surface area (Å²) in [4.78, 5) is 30.4. The molecule has 15 heavy (non-hydrogen) atoms. The number of carboxylic acid groups (broad SMARTS) is 2. The van der Waals surface area contributed by atoms with Gasteiger partial charge in [0.15, 0.2) is 0 Å². The molecule has 1 rings (SSSR count). The third-order valence-electron chi connectivity index (χ3n) is 2.05. The second kappa shape index (κ2) is 9.47. The van der Waals surface area contributed by atoms with Gasteiger partial charge in [0.1, 0.15) is 11.6 Å². The molecule has 0 aliphatic heterocycles. The predicted molar refractivity (Wildman–Crippen MR) is 55.4 cm³/mol. The van der Waals surface area contributed by atoms with Crippen molar-refractivity contribution in [2.75, 3.05) is 0 Å². The van der Waals surface area contributed by atoms with Crippen molar-refractivity contribution in [3.05, 3.63) is 0 Å². The summed E-state index contributed by atoms with van der Waals surface area (Å²) in [6, 6.07) is 0. The van der Waals surface area contributed by atoms with E-state index in [0.717, 1.165) is 19.3 Å². The zero-order chi connectivity index (χ0) is 11.1. The Kier molecular flexibility index (Phi) is 11.1. The summed E-state index contributed by atoms with van der Waals surface area (Å²) in [6.07, 6.45) is 1.58. The normalized spacial score (nSPS) is 19.3. The van der Waals surface area contributed by atoms with Crippen molar-refractivity contribution in [3.63, 3.8) is 0 Å². The third kappa shape index (κ3) is 9.19. The summed E-state index contributed by atoms with van der Waals surface area (Å²) in [6.45, 7) is 1.51. The molecule has 0 bridgehead atoms. The molecule has 0 heterocycles. The SMILES string of the molecule is CC(=O)C1CCCCC1=O.O=C(O)O.[KH]. The fourth-order valence-corrected chi connectivity index (χ4v) is 1.41. The Hall–Kier alpha value is 0.246. The number of hydrogen-bond acceptors (Lipinski definition) is 3. The van der Waals surface area contributed by atoms with Gasteiger partial charge < -0.3 is 10.2 Å². The van der Waals surface area contributed by atoms with Crippen LogP contribution in [0.15, 0.2) is 0 Å². The molecule has 0 amide bonds. The van der Waals surface area contributed by atoms with E-state index in [1.54, 1.807) is 0 Å². The van der Waals surface area contributed by atoms with Crippen molar-refractivity contribution in [2.24, 2.45) is 5.92 Å². The van der Waals surface area contributed by atoms with Gasteiger partial charge in [0.25, 0.3) is 0 Å². The van der Waals surface area contributed by atoms with Crippen LogP contribution in [0.5, 0.6) is 0 Å². The van der Waals surface area contributed by atoms with Gasteiger partial charge in [-0.05, 0) is 19.8 Å². The van der Waals surface area contributed by atoms with E-state index in [2.05, 4.69) is 0 Å². The molecule has 82 valence electrons. The summed E-state index contributed by atoms with van der Waals surface area (Å²) >= 11 is 0. The van der Waals surface area contributed by atoms with Crippen LogP contribution in [0.25, 0.3) is 0 Å². The number of Topliss-reactive ketones (excluding diaryl/α,β-unsaturated/α-hetero) is 2. The topological polar surface area (TPSA) is 91.7 Å². The molecule has 1 aliphatic carbocycles. The zero-order valence-electron chi connectivity index (χ0n) is 8.02. The summed E-state index contributed by atoms with van der Waals surface area (Å²) < 4.78 is 0. The van der Waals surface area contributed by atoms with Crippen LogP contribution in [0, 0.1) is 5.92 Å². The molecule has 1 unspecified atom stereocenters. The molecule has 2 N–H and O–H groups in total.